The quantitative estimate of drug-likeness (QED) is 0.0195. The predicted molar refractivity (Wildman–Crippen MR) is 465 cm³/mol. The van der Waals surface area contributed by atoms with E-state index in [2.05, 4.69) is 0 Å². The number of halogens is 18. The van der Waals surface area contributed by atoms with Gasteiger partial charge in [-0.3, -0.25) is 121 Å². The zero-order valence-electron chi connectivity index (χ0n) is 75.5. The number of unbranched alkanes of at least 4 members (excludes halogenated alkanes) is 6. The number of anilines is 6. The standard InChI is InChI=1S/6C13H16F3N3O4/c6*1-3-5-6-17(4-2)12-10(18(20)21)7-9(13(14,15)16)8-11(12)19(22)23/h6*7-8H,3-6H2,1-2H3. The van der Waals surface area contributed by atoms with E-state index in [0.29, 0.717) is 111 Å². The molecule has 0 amide bonds. The predicted octanol–water partition coefficient (Wildman–Crippen LogP) is 24.9. The van der Waals surface area contributed by atoms with Gasteiger partial charge in [-0.25, -0.2) is 0 Å². The maximum atomic E-state index is 12.8. The number of benzene rings is 6. The SMILES string of the molecule is CCCCN(CC)c1c([N+](=O)[O-])cc(C(F)(F)F)cc1[N+](=O)[O-].CCCCN(CC)c1c([N+](=O)[O-])cc(C(F)(F)F)cc1[N+](=O)[O-].CCCCN(CC)c1c([N+](=O)[O-])cc(C(F)(F)F)cc1[N+](=O)[O-].CCCCN(CC)c1c([N+](=O)[O-])cc(C(F)(F)F)cc1[N+](=O)[O-].CCCCN(CC)c1c([N+](=O)[O-])cc(C(F)(F)F)cc1[N+](=O)[O-].CCCCN(CC)c1c([N+](=O)[O-])cc(C(F)(F)F)cc1[N+](=O)[O-]. The molecule has 0 aliphatic carbocycles. The number of nitro benzene ring substituents is 12. The third-order valence-electron chi connectivity index (χ3n) is 19.6. The van der Waals surface area contributed by atoms with Gasteiger partial charge in [-0.1, -0.05) is 80.1 Å². The summed E-state index contributed by atoms with van der Waals surface area (Å²) in [5.41, 5.74) is -21.7. The Kier molecular flexibility index (Phi) is 47.5. The molecule has 0 spiro atoms. The number of hydrogen-bond acceptors (Lipinski definition) is 30. The molecule has 0 atom stereocenters. The second-order valence-corrected chi connectivity index (χ2v) is 28.8. The molecule has 0 radical (unpaired) electrons. The van der Waals surface area contributed by atoms with Gasteiger partial charge in [0, 0.05) is 151 Å². The van der Waals surface area contributed by atoms with E-state index in [-0.39, 0.29) is 113 Å². The van der Waals surface area contributed by atoms with E-state index in [0.717, 1.165) is 38.5 Å². The molecule has 768 valence electrons. The molecule has 6 aromatic carbocycles. The van der Waals surface area contributed by atoms with Crippen molar-refractivity contribution < 1.29 is 138 Å². The third kappa shape index (κ3) is 34.8. The van der Waals surface area contributed by atoms with Gasteiger partial charge >= 0.3 is 37.1 Å². The van der Waals surface area contributed by atoms with Crippen molar-refractivity contribution in [3.8, 4) is 0 Å². The summed E-state index contributed by atoms with van der Waals surface area (Å²) in [7, 11) is 0. The van der Waals surface area contributed by atoms with Crippen LogP contribution in [0, 0.1) is 121 Å². The first-order valence-corrected chi connectivity index (χ1v) is 41.5. The Morgan fingerprint density at radius 3 is 0.312 bits per heavy atom. The van der Waals surface area contributed by atoms with Crippen LogP contribution in [-0.2, 0) is 37.1 Å². The van der Waals surface area contributed by atoms with Crippen molar-refractivity contribution in [3.63, 3.8) is 0 Å². The number of nitrogens with zero attached hydrogens (tertiary/aromatic N) is 18. The monoisotopic (exact) mass is 2010 g/mol. The molecule has 0 saturated carbocycles. The van der Waals surface area contributed by atoms with Crippen LogP contribution in [0.5, 0.6) is 0 Å². The summed E-state index contributed by atoms with van der Waals surface area (Å²) in [6, 6.07) is 4.13. The molecule has 0 unspecified atom stereocenters. The van der Waals surface area contributed by atoms with Crippen LogP contribution < -0.4 is 29.4 Å². The molecule has 42 nitrogen and oxygen atoms in total. The molecule has 0 aliphatic heterocycles. The van der Waals surface area contributed by atoms with Crippen molar-refractivity contribution in [2.24, 2.45) is 0 Å². The van der Waals surface area contributed by atoms with Crippen molar-refractivity contribution >= 4 is 102 Å². The number of rotatable bonds is 42. The van der Waals surface area contributed by atoms with Crippen molar-refractivity contribution in [1.29, 1.82) is 0 Å². The van der Waals surface area contributed by atoms with Gasteiger partial charge in [0.1, 0.15) is 0 Å². The lowest BCUT2D eigenvalue weighted by Gasteiger charge is -2.23. The summed E-state index contributed by atoms with van der Waals surface area (Å²) in [5.74, 6) is 0. The lowest BCUT2D eigenvalue weighted by molar-refractivity contribution is -0.393. The third-order valence-corrected chi connectivity index (χ3v) is 19.6. The first kappa shape index (κ1) is 122. The fourth-order valence-corrected chi connectivity index (χ4v) is 12.9. The average molecular weight is 2010 g/mol. The Labute approximate surface area is 770 Å². The summed E-state index contributed by atoms with van der Waals surface area (Å²) in [4.78, 5) is 130. The van der Waals surface area contributed by atoms with Crippen LogP contribution in [0.25, 0.3) is 0 Å². The second kappa shape index (κ2) is 53.8. The molecule has 60 heteroatoms. The molecule has 0 bridgehead atoms. The summed E-state index contributed by atoms with van der Waals surface area (Å²) < 4.78 is 231. The van der Waals surface area contributed by atoms with E-state index in [1.165, 1.54) is 29.4 Å². The van der Waals surface area contributed by atoms with Gasteiger partial charge in [-0.15, -0.1) is 0 Å². The smallest absolute Gasteiger partial charge is 0.361 e. The topological polar surface area (TPSA) is 537 Å². The van der Waals surface area contributed by atoms with Gasteiger partial charge in [0.15, 0.2) is 34.1 Å². The Bertz CT molecular complexity index is 4240. The van der Waals surface area contributed by atoms with E-state index in [9.17, 15) is 200 Å². The van der Waals surface area contributed by atoms with Crippen LogP contribution in [0.15, 0.2) is 72.8 Å². The number of hydrogen-bond donors (Lipinski definition) is 0. The van der Waals surface area contributed by atoms with E-state index >= 15 is 0 Å². The zero-order valence-corrected chi connectivity index (χ0v) is 75.5. The van der Waals surface area contributed by atoms with Crippen molar-refractivity contribution in [3.05, 3.63) is 228 Å². The first-order valence-electron chi connectivity index (χ1n) is 41.5. The Balaban J connectivity index is 0.000000828. The normalized spacial score (nSPS) is 11.3. The zero-order chi connectivity index (χ0) is 107. The fraction of sp³-hybridized carbons (Fsp3) is 0.538. The lowest BCUT2D eigenvalue weighted by Crippen LogP contribution is -2.26. The molecule has 138 heavy (non-hydrogen) atoms. The highest BCUT2D eigenvalue weighted by Crippen LogP contribution is 2.51. The maximum Gasteiger partial charge on any atom is 0.416 e. The Morgan fingerprint density at radius 2 is 0.261 bits per heavy atom. The Morgan fingerprint density at radius 1 is 0.181 bits per heavy atom. The number of alkyl halides is 18. The minimum absolute atomic E-state index is 0.201. The Hall–Kier alpha value is -14.3. The molecule has 0 N–H and O–H groups in total. The van der Waals surface area contributed by atoms with E-state index < -0.39 is 198 Å². The minimum Gasteiger partial charge on any atom is -0.361 e. The second-order valence-electron chi connectivity index (χ2n) is 28.8. The van der Waals surface area contributed by atoms with Gasteiger partial charge in [0.05, 0.1) is 92.5 Å². The van der Waals surface area contributed by atoms with Crippen LogP contribution >= 0.6 is 0 Å². The van der Waals surface area contributed by atoms with Crippen LogP contribution in [-0.4, -0.2) is 138 Å². The number of nitro groups is 12. The molecular weight excluding hydrogens is 1910 g/mol. The van der Waals surface area contributed by atoms with E-state index in [4.69, 9.17) is 0 Å². The van der Waals surface area contributed by atoms with E-state index in [1.54, 1.807) is 41.5 Å². The summed E-state index contributed by atoms with van der Waals surface area (Å²) in [6.07, 6.45) is -21.4. The highest BCUT2D eigenvalue weighted by atomic mass is 19.4. The maximum absolute atomic E-state index is 12.8. The van der Waals surface area contributed by atoms with Gasteiger partial charge in [-0.05, 0) is 80.1 Å². The molecule has 0 saturated heterocycles. The van der Waals surface area contributed by atoms with Crippen LogP contribution in [0.3, 0.4) is 0 Å². The molecule has 0 aromatic heterocycles. The molecule has 6 aromatic rings. The highest BCUT2D eigenvalue weighted by molar-refractivity contribution is 5.81. The van der Waals surface area contributed by atoms with Gasteiger partial charge < -0.3 is 29.4 Å². The summed E-state index contributed by atoms with van der Waals surface area (Å²) in [5, 5.41) is 134. The molecular formula is C78H96F18N18O24. The molecule has 6 rings (SSSR count). The summed E-state index contributed by atoms with van der Waals surface area (Å²) >= 11 is 0. The van der Waals surface area contributed by atoms with Crippen LogP contribution in [0.4, 0.5) is 181 Å². The molecule has 0 heterocycles. The van der Waals surface area contributed by atoms with Crippen molar-refractivity contribution in [1.82, 2.24) is 0 Å². The largest absolute Gasteiger partial charge is 0.416 e. The van der Waals surface area contributed by atoms with E-state index in [1.807, 2.05) is 41.5 Å². The van der Waals surface area contributed by atoms with Crippen molar-refractivity contribution in [2.45, 2.75) is 197 Å². The summed E-state index contributed by atoms with van der Waals surface area (Å²) in [6.45, 7) is 23.8. The van der Waals surface area contributed by atoms with Gasteiger partial charge in [-0.2, -0.15) is 79.0 Å². The van der Waals surface area contributed by atoms with Crippen LogP contribution in [0.1, 0.15) is 194 Å². The fourth-order valence-electron chi connectivity index (χ4n) is 12.9. The van der Waals surface area contributed by atoms with Crippen molar-refractivity contribution in [2.75, 3.05) is 108 Å². The molecule has 0 aliphatic rings. The average Bonchev–Trinajstić information content (AvgIpc) is 0.805. The van der Waals surface area contributed by atoms with Crippen LogP contribution in [0.2, 0.25) is 0 Å². The highest BCUT2D eigenvalue weighted by Gasteiger charge is 2.46. The lowest BCUT2D eigenvalue weighted by atomic mass is 10.1. The minimum atomic E-state index is -4.91. The van der Waals surface area contributed by atoms with Gasteiger partial charge in [0.25, 0.3) is 68.2 Å². The van der Waals surface area contributed by atoms with Gasteiger partial charge in [0.2, 0.25) is 0 Å². The molecule has 0 fully saturated rings. The first-order chi connectivity index (χ1) is 63.8.